The predicted molar refractivity (Wildman–Crippen MR) is 76.3 cm³/mol. The van der Waals surface area contributed by atoms with Gasteiger partial charge in [0.25, 0.3) is 0 Å². The summed E-state index contributed by atoms with van der Waals surface area (Å²) in [4.78, 5) is 0. The van der Waals surface area contributed by atoms with Gasteiger partial charge in [0.15, 0.2) is 0 Å². The number of ether oxygens (including phenoxy) is 1. The van der Waals surface area contributed by atoms with Gasteiger partial charge in [-0.25, -0.2) is 0 Å². The maximum atomic E-state index is 12.8. The summed E-state index contributed by atoms with van der Waals surface area (Å²) in [5, 5.41) is 4.12. The molecule has 1 N–H and O–H groups in total. The van der Waals surface area contributed by atoms with Crippen LogP contribution in [0.4, 0.5) is 0 Å². The van der Waals surface area contributed by atoms with Crippen molar-refractivity contribution in [3.05, 3.63) is 0 Å². The Morgan fingerprint density at radius 1 is 1.22 bits per heavy atom. The van der Waals surface area contributed by atoms with E-state index in [9.17, 15) is 4.21 Å². The van der Waals surface area contributed by atoms with Crippen molar-refractivity contribution in [1.29, 1.82) is 0 Å². The zero-order valence-electron chi connectivity index (χ0n) is 11.7. The van der Waals surface area contributed by atoms with Crippen molar-refractivity contribution in [2.24, 2.45) is 5.92 Å². The molecule has 0 spiro atoms. The Labute approximate surface area is 114 Å². The van der Waals surface area contributed by atoms with Crippen molar-refractivity contribution in [3.63, 3.8) is 0 Å². The Bertz CT molecular complexity index is 279. The summed E-state index contributed by atoms with van der Waals surface area (Å²) in [6.07, 6.45) is 6.83. The molecular weight excluding hydrogens is 246 g/mol. The highest BCUT2D eigenvalue weighted by atomic mass is 32.2. The zero-order chi connectivity index (χ0) is 13.0. The van der Waals surface area contributed by atoms with E-state index in [2.05, 4.69) is 12.2 Å². The van der Waals surface area contributed by atoms with Crippen molar-refractivity contribution in [2.45, 2.75) is 62.0 Å². The van der Waals surface area contributed by atoms with E-state index in [0.29, 0.717) is 16.5 Å². The zero-order valence-corrected chi connectivity index (χ0v) is 12.5. The van der Waals surface area contributed by atoms with E-state index in [4.69, 9.17) is 4.74 Å². The molecule has 1 saturated heterocycles. The van der Waals surface area contributed by atoms with Gasteiger partial charge < -0.3 is 10.1 Å². The average Bonchev–Trinajstić information content (AvgIpc) is 2.46. The van der Waals surface area contributed by atoms with Crippen molar-refractivity contribution >= 4 is 10.8 Å². The van der Waals surface area contributed by atoms with Crippen molar-refractivity contribution < 1.29 is 8.95 Å². The van der Waals surface area contributed by atoms with Crippen molar-refractivity contribution in [2.75, 3.05) is 20.3 Å². The molecule has 4 unspecified atom stereocenters. The molecular formula is C14H27NO2S. The predicted octanol–water partition coefficient (Wildman–Crippen LogP) is 2.08. The van der Waals surface area contributed by atoms with Gasteiger partial charge in [0.05, 0.1) is 5.25 Å². The number of hydrogen-bond donors (Lipinski definition) is 1. The quantitative estimate of drug-likeness (QED) is 0.852. The fraction of sp³-hybridized carbons (Fsp3) is 1.00. The first-order valence-electron chi connectivity index (χ1n) is 7.40. The van der Waals surface area contributed by atoms with Crippen LogP contribution in [0.1, 0.15) is 45.4 Å². The third-order valence-electron chi connectivity index (χ3n) is 4.64. The highest BCUT2D eigenvalue weighted by Gasteiger charge is 2.36. The summed E-state index contributed by atoms with van der Waals surface area (Å²) in [6.45, 7) is 3.86. The van der Waals surface area contributed by atoms with E-state index in [1.807, 2.05) is 7.05 Å². The van der Waals surface area contributed by atoms with E-state index in [0.717, 1.165) is 38.4 Å². The second kappa shape index (κ2) is 7.01. The summed E-state index contributed by atoms with van der Waals surface area (Å²) in [5.74, 6) is 0.781. The lowest BCUT2D eigenvalue weighted by molar-refractivity contribution is 0.0988. The summed E-state index contributed by atoms with van der Waals surface area (Å²) in [7, 11) is 1.33. The van der Waals surface area contributed by atoms with Crippen LogP contribution in [-0.4, -0.2) is 41.0 Å². The van der Waals surface area contributed by atoms with Gasteiger partial charge in [-0.15, -0.1) is 0 Å². The first kappa shape index (κ1) is 14.5. The normalized spacial score (nSPS) is 36.4. The largest absolute Gasteiger partial charge is 0.381 e. The fourth-order valence-electron chi connectivity index (χ4n) is 3.33. The second-order valence-electron chi connectivity index (χ2n) is 5.66. The first-order chi connectivity index (χ1) is 8.76. The lowest BCUT2D eigenvalue weighted by atomic mass is 9.84. The van der Waals surface area contributed by atoms with Crippen LogP contribution in [0.5, 0.6) is 0 Å². The van der Waals surface area contributed by atoms with E-state index >= 15 is 0 Å². The summed E-state index contributed by atoms with van der Waals surface area (Å²) in [5.41, 5.74) is 0. The number of nitrogens with one attached hydrogen (secondary N) is 1. The van der Waals surface area contributed by atoms with Crippen LogP contribution in [0, 0.1) is 5.92 Å². The molecule has 1 heterocycles. The minimum atomic E-state index is -0.688. The van der Waals surface area contributed by atoms with Crippen LogP contribution < -0.4 is 5.32 Å². The molecule has 106 valence electrons. The standard InChI is InChI=1S/C14H27NO2S/c1-3-11-4-5-13(15-2)14(10-11)18(16)12-6-8-17-9-7-12/h11-15H,3-10H2,1-2H3. The fourth-order valence-corrected chi connectivity index (χ4v) is 5.53. The molecule has 4 heteroatoms. The molecule has 0 amide bonds. The van der Waals surface area contributed by atoms with Gasteiger partial charge in [0.1, 0.15) is 0 Å². The van der Waals surface area contributed by atoms with Crippen LogP contribution in [0.2, 0.25) is 0 Å². The summed E-state index contributed by atoms with van der Waals surface area (Å²) >= 11 is 0. The van der Waals surface area contributed by atoms with E-state index in [1.54, 1.807) is 0 Å². The molecule has 0 aromatic carbocycles. The van der Waals surface area contributed by atoms with Gasteiger partial charge in [-0.2, -0.15) is 0 Å². The lowest BCUT2D eigenvalue weighted by Gasteiger charge is -2.37. The average molecular weight is 273 g/mol. The third-order valence-corrected chi connectivity index (χ3v) is 6.89. The molecule has 2 rings (SSSR count). The van der Waals surface area contributed by atoms with Gasteiger partial charge in [-0.3, -0.25) is 4.21 Å². The first-order valence-corrected chi connectivity index (χ1v) is 8.68. The number of rotatable bonds is 4. The highest BCUT2D eigenvalue weighted by molar-refractivity contribution is 7.86. The molecule has 2 aliphatic rings. The van der Waals surface area contributed by atoms with Crippen molar-refractivity contribution in [3.8, 4) is 0 Å². The Morgan fingerprint density at radius 3 is 2.56 bits per heavy atom. The molecule has 0 aromatic heterocycles. The second-order valence-corrected chi connectivity index (χ2v) is 7.59. The SMILES string of the molecule is CCC1CCC(NC)C(S(=O)C2CCOCC2)C1. The molecule has 0 radical (unpaired) electrons. The number of hydrogen-bond acceptors (Lipinski definition) is 3. The maximum absolute atomic E-state index is 12.8. The van der Waals surface area contributed by atoms with Crippen LogP contribution in [0.3, 0.4) is 0 Å². The Kier molecular flexibility index (Phi) is 5.64. The van der Waals surface area contributed by atoms with Gasteiger partial charge >= 0.3 is 0 Å². The van der Waals surface area contributed by atoms with E-state index in [-0.39, 0.29) is 0 Å². The van der Waals surface area contributed by atoms with Crippen LogP contribution in [0.25, 0.3) is 0 Å². The van der Waals surface area contributed by atoms with Gasteiger partial charge in [-0.05, 0) is 45.1 Å². The molecule has 18 heavy (non-hydrogen) atoms. The topological polar surface area (TPSA) is 38.3 Å². The molecule has 1 aliphatic carbocycles. The Balaban J connectivity index is 1.99. The monoisotopic (exact) mass is 273 g/mol. The van der Waals surface area contributed by atoms with Gasteiger partial charge in [-0.1, -0.05) is 13.3 Å². The highest BCUT2D eigenvalue weighted by Crippen LogP contribution is 2.32. The molecule has 1 saturated carbocycles. The molecule has 4 atom stereocenters. The maximum Gasteiger partial charge on any atom is 0.0506 e. The Morgan fingerprint density at radius 2 is 1.94 bits per heavy atom. The smallest absolute Gasteiger partial charge is 0.0506 e. The van der Waals surface area contributed by atoms with Gasteiger partial charge in [0.2, 0.25) is 0 Å². The summed E-state index contributed by atoms with van der Waals surface area (Å²) in [6, 6.07) is 0.455. The van der Waals surface area contributed by atoms with E-state index < -0.39 is 10.8 Å². The molecule has 0 aromatic rings. The Hall–Kier alpha value is 0.0700. The minimum absolute atomic E-state index is 0.358. The molecule has 0 bridgehead atoms. The summed E-state index contributed by atoms with van der Waals surface area (Å²) < 4.78 is 18.2. The van der Waals surface area contributed by atoms with Crippen LogP contribution in [0.15, 0.2) is 0 Å². The van der Waals surface area contributed by atoms with Crippen LogP contribution in [-0.2, 0) is 15.5 Å². The molecule has 2 fully saturated rings. The lowest BCUT2D eigenvalue weighted by Crippen LogP contribution is -2.47. The van der Waals surface area contributed by atoms with E-state index in [1.165, 1.54) is 19.3 Å². The van der Waals surface area contributed by atoms with Crippen molar-refractivity contribution in [1.82, 2.24) is 5.32 Å². The van der Waals surface area contributed by atoms with Crippen LogP contribution >= 0.6 is 0 Å². The third kappa shape index (κ3) is 3.34. The van der Waals surface area contributed by atoms with Gasteiger partial charge in [0, 0.05) is 35.3 Å². The molecule has 1 aliphatic heterocycles. The molecule has 3 nitrogen and oxygen atoms in total. The minimum Gasteiger partial charge on any atom is -0.381 e.